The van der Waals surface area contributed by atoms with Gasteiger partial charge in [-0.05, 0) is 57.2 Å². The molecule has 2 N–H and O–H groups in total. The Hall–Kier alpha value is -2.97. The Morgan fingerprint density at radius 3 is 2.65 bits per heavy atom. The summed E-state index contributed by atoms with van der Waals surface area (Å²) in [5.41, 5.74) is 2.27. The van der Waals surface area contributed by atoms with E-state index < -0.39 is 5.60 Å². The summed E-state index contributed by atoms with van der Waals surface area (Å²) in [7, 11) is 1.41. The third-order valence-electron chi connectivity index (χ3n) is 6.32. The van der Waals surface area contributed by atoms with Crippen LogP contribution in [0.5, 0.6) is 0 Å². The maximum Gasteiger partial charge on any atom is 0.409 e. The molecule has 3 aromatic rings. The molecule has 180 valence electrons. The molecule has 1 aliphatic heterocycles. The van der Waals surface area contributed by atoms with E-state index in [2.05, 4.69) is 27.2 Å². The molecule has 2 atom stereocenters. The lowest BCUT2D eigenvalue weighted by atomic mass is 9.91. The molecule has 0 saturated carbocycles. The largest absolute Gasteiger partial charge is 0.453 e. The fourth-order valence-electron chi connectivity index (χ4n) is 4.35. The molecule has 34 heavy (non-hydrogen) atoms. The van der Waals surface area contributed by atoms with Gasteiger partial charge in [-0.15, -0.1) is 0 Å². The van der Waals surface area contributed by atoms with Crippen LogP contribution >= 0.6 is 11.6 Å². The minimum atomic E-state index is -1.10. The number of pyridine rings is 1. The number of hydrogen-bond acceptors (Lipinski definition) is 7. The number of carbonyl (C=O) groups excluding carboxylic acids is 1. The molecule has 8 nitrogen and oxygen atoms in total. The number of nitrogens with zero attached hydrogens (tertiary/aromatic N) is 4. The number of rotatable bonds is 5. The molecule has 0 spiro atoms. The summed E-state index contributed by atoms with van der Waals surface area (Å²) in [6, 6.07) is 6.01. The topological polar surface area (TPSA) is 100 Å². The summed E-state index contributed by atoms with van der Waals surface area (Å²) in [5, 5.41) is 15.1. The molecule has 4 rings (SSSR count). The lowest BCUT2D eigenvalue weighted by molar-refractivity contribution is 0.0687. The third kappa shape index (κ3) is 5.08. The average Bonchev–Trinajstić information content (AvgIpc) is 2.84. The fraction of sp³-hybridized carbons (Fsp3) is 0.440. The summed E-state index contributed by atoms with van der Waals surface area (Å²) in [6.07, 6.45) is 6.73. The van der Waals surface area contributed by atoms with E-state index in [0.29, 0.717) is 23.9 Å². The predicted octanol–water partition coefficient (Wildman–Crippen LogP) is 4.85. The molecular formula is C25H30ClN5O3. The van der Waals surface area contributed by atoms with Crippen molar-refractivity contribution in [2.45, 2.75) is 45.3 Å². The number of ether oxygens (including phenoxy) is 1. The number of amides is 1. The van der Waals surface area contributed by atoms with E-state index in [1.54, 1.807) is 37.3 Å². The Morgan fingerprint density at radius 1 is 1.24 bits per heavy atom. The van der Waals surface area contributed by atoms with E-state index in [4.69, 9.17) is 16.3 Å². The third-order valence-corrected chi connectivity index (χ3v) is 6.61. The fourth-order valence-corrected chi connectivity index (χ4v) is 4.55. The minimum absolute atomic E-state index is 0.0774. The molecule has 1 aromatic carbocycles. The van der Waals surface area contributed by atoms with Crippen molar-refractivity contribution < 1.29 is 14.6 Å². The summed E-state index contributed by atoms with van der Waals surface area (Å²) in [6.45, 7) is 6.77. The number of aliphatic hydroxyl groups is 1. The maximum atomic E-state index is 12.0. The smallest absolute Gasteiger partial charge is 0.409 e. The van der Waals surface area contributed by atoms with E-state index in [1.165, 1.54) is 7.11 Å². The molecular weight excluding hydrogens is 454 g/mol. The Kier molecular flexibility index (Phi) is 6.91. The van der Waals surface area contributed by atoms with Gasteiger partial charge in [0.25, 0.3) is 0 Å². The van der Waals surface area contributed by atoms with Gasteiger partial charge in [0.1, 0.15) is 5.60 Å². The van der Waals surface area contributed by atoms with Crippen LogP contribution < -0.4 is 5.32 Å². The van der Waals surface area contributed by atoms with Crippen molar-refractivity contribution in [3.05, 3.63) is 47.6 Å². The number of aromatic nitrogens is 3. The van der Waals surface area contributed by atoms with Gasteiger partial charge in [0.2, 0.25) is 0 Å². The highest BCUT2D eigenvalue weighted by Crippen LogP contribution is 2.34. The molecule has 1 aliphatic rings. The molecule has 2 aromatic heterocycles. The van der Waals surface area contributed by atoms with E-state index in [1.807, 2.05) is 18.2 Å². The standard InChI is InChI=1S/C25H30ClN5O3/c1-15(17-6-5-9-31(14-17)24(32)34-4)30-22-19-10-16(7-8-21(19)27-13-20(22)26)18-11-28-23(29-12-18)25(2,3)33/h7-8,10-13,15,17,33H,5-6,9,14H2,1-4H3,(H,27,30)/t15-,17?/m1/s1. The first kappa shape index (κ1) is 24.2. The second-order valence-corrected chi connectivity index (χ2v) is 9.73. The molecule has 1 unspecified atom stereocenters. The van der Waals surface area contributed by atoms with E-state index in [0.717, 1.165) is 40.6 Å². The quantitative estimate of drug-likeness (QED) is 0.534. The van der Waals surface area contributed by atoms with Crippen molar-refractivity contribution in [1.82, 2.24) is 19.9 Å². The zero-order valence-electron chi connectivity index (χ0n) is 19.9. The van der Waals surface area contributed by atoms with E-state index >= 15 is 0 Å². The van der Waals surface area contributed by atoms with Crippen molar-refractivity contribution in [3.8, 4) is 11.1 Å². The highest BCUT2D eigenvalue weighted by atomic mass is 35.5. The molecule has 1 amide bonds. The first-order valence-corrected chi connectivity index (χ1v) is 11.8. The predicted molar refractivity (Wildman–Crippen MR) is 133 cm³/mol. The SMILES string of the molecule is COC(=O)N1CCCC([C@@H](C)Nc2c(Cl)cnc3ccc(-c4cnc(C(C)(C)O)nc4)cc23)C1. The number of nitrogens with one attached hydrogen (secondary N) is 1. The highest BCUT2D eigenvalue weighted by molar-refractivity contribution is 6.34. The summed E-state index contributed by atoms with van der Waals surface area (Å²) >= 11 is 6.60. The van der Waals surface area contributed by atoms with Crippen LogP contribution in [0.2, 0.25) is 5.02 Å². The Bertz CT molecular complexity index is 1180. The summed E-state index contributed by atoms with van der Waals surface area (Å²) < 4.78 is 4.91. The van der Waals surface area contributed by atoms with Crippen LogP contribution in [-0.2, 0) is 10.3 Å². The second kappa shape index (κ2) is 9.72. The minimum Gasteiger partial charge on any atom is -0.453 e. The van der Waals surface area contributed by atoms with Gasteiger partial charge >= 0.3 is 6.09 Å². The Morgan fingerprint density at radius 2 is 1.97 bits per heavy atom. The molecule has 9 heteroatoms. The lowest BCUT2D eigenvalue weighted by Crippen LogP contribution is -2.44. The van der Waals surface area contributed by atoms with Gasteiger partial charge in [-0.1, -0.05) is 17.7 Å². The number of likely N-dealkylation sites (tertiary alicyclic amines) is 1. The number of fused-ring (bicyclic) bond motifs is 1. The first-order valence-electron chi connectivity index (χ1n) is 11.4. The maximum absolute atomic E-state index is 12.0. The van der Waals surface area contributed by atoms with Gasteiger partial charge in [0.15, 0.2) is 5.82 Å². The first-order chi connectivity index (χ1) is 16.2. The number of methoxy groups -OCH3 is 1. The van der Waals surface area contributed by atoms with Crippen LogP contribution in [0.1, 0.15) is 39.4 Å². The monoisotopic (exact) mass is 483 g/mol. The zero-order chi connectivity index (χ0) is 24.5. The number of carbonyl (C=O) groups is 1. The van der Waals surface area contributed by atoms with Crippen LogP contribution in [0, 0.1) is 5.92 Å². The average molecular weight is 484 g/mol. The van der Waals surface area contributed by atoms with Gasteiger partial charge in [0.05, 0.1) is 23.3 Å². The van der Waals surface area contributed by atoms with Gasteiger partial charge in [0, 0.05) is 48.7 Å². The van der Waals surface area contributed by atoms with Crippen molar-refractivity contribution in [3.63, 3.8) is 0 Å². The van der Waals surface area contributed by atoms with Crippen molar-refractivity contribution in [2.75, 3.05) is 25.5 Å². The number of hydrogen-bond donors (Lipinski definition) is 2. The van der Waals surface area contributed by atoms with Gasteiger partial charge in [-0.3, -0.25) is 4.98 Å². The number of anilines is 1. The van der Waals surface area contributed by atoms with E-state index in [-0.39, 0.29) is 18.1 Å². The normalized spacial score (nSPS) is 17.5. The lowest BCUT2D eigenvalue weighted by Gasteiger charge is -2.35. The van der Waals surface area contributed by atoms with Crippen molar-refractivity contribution >= 4 is 34.3 Å². The van der Waals surface area contributed by atoms with Crippen molar-refractivity contribution in [2.24, 2.45) is 5.92 Å². The zero-order valence-corrected chi connectivity index (χ0v) is 20.6. The molecule has 3 heterocycles. The van der Waals surface area contributed by atoms with Gasteiger partial charge in [-0.2, -0.15) is 0 Å². The van der Waals surface area contributed by atoms with Crippen LogP contribution in [0.25, 0.3) is 22.0 Å². The van der Waals surface area contributed by atoms with Crippen molar-refractivity contribution in [1.29, 1.82) is 0 Å². The van der Waals surface area contributed by atoms with Crippen LogP contribution in [0.4, 0.5) is 10.5 Å². The number of halogens is 1. The van der Waals surface area contributed by atoms with Crippen LogP contribution in [0.15, 0.2) is 36.8 Å². The second-order valence-electron chi connectivity index (χ2n) is 9.32. The van der Waals surface area contributed by atoms with Gasteiger partial charge < -0.3 is 20.1 Å². The molecule has 0 radical (unpaired) electrons. The Balaban J connectivity index is 1.62. The van der Waals surface area contributed by atoms with Crippen LogP contribution in [-0.4, -0.2) is 57.3 Å². The number of piperidine rings is 1. The molecule has 0 bridgehead atoms. The van der Waals surface area contributed by atoms with E-state index in [9.17, 15) is 9.90 Å². The Labute approximate surface area is 204 Å². The van der Waals surface area contributed by atoms with Crippen LogP contribution in [0.3, 0.4) is 0 Å². The summed E-state index contributed by atoms with van der Waals surface area (Å²) in [5.74, 6) is 0.629. The number of benzene rings is 1. The molecule has 0 aliphatic carbocycles. The summed E-state index contributed by atoms with van der Waals surface area (Å²) in [4.78, 5) is 26.9. The highest BCUT2D eigenvalue weighted by Gasteiger charge is 2.28. The van der Waals surface area contributed by atoms with Gasteiger partial charge in [-0.25, -0.2) is 14.8 Å². The molecule has 1 fully saturated rings. The molecule has 1 saturated heterocycles.